The number of allylic oxidation sites excluding steroid dienone is 1. The first kappa shape index (κ1) is 15.3. The van der Waals surface area contributed by atoms with Gasteiger partial charge in [-0.3, -0.25) is 10.1 Å². The molecule has 6 nitrogen and oxygen atoms in total. The van der Waals surface area contributed by atoms with Crippen LogP contribution in [0.5, 0.6) is 0 Å². The Balaban J connectivity index is 1.89. The van der Waals surface area contributed by atoms with Gasteiger partial charge in [0.05, 0.1) is 17.0 Å². The zero-order chi connectivity index (χ0) is 16.3. The van der Waals surface area contributed by atoms with E-state index < -0.39 is 10.0 Å². The molecule has 0 unspecified atom stereocenters. The van der Waals surface area contributed by atoms with E-state index >= 15 is 0 Å². The standard InChI is InChI=1S/C16H16N4O2S/c1-2-12-20-15-11-7-6-10-14(15)16(18-20)17-19-23(21,22)13-8-4-3-5-9-13/h2-11,19H,1,12H2,(H,17,18). The van der Waals surface area contributed by atoms with E-state index in [0.717, 1.165) is 10.9 Å². The second kappa shape index (κ2) is 6.23. The number of para-hydroxylation sites is 1. The smallest absolute Gasteiger partial charge is 0.257 e. The summed E-state index contributed by atoms with van der Waals surface area (Å²) in [4.78, 5) is 2.54. The van der Waals surface area contributed by atoms with Crippen LogP contribution in [-0.2, 0) is 16.6 Å². The number of fused-ring (bicyclic) bond motifs is 1. The van der Waals surface area contributed by atoms with Crippen molar-refractivity contribution in [1.82, 2.24) is 14.6 Å². The highest BCUT2D eigenvalue weighted by atomic mass is 32.2. The van der Waals surface area contributed by atoms with E-state index in [1.165, 1.54) is 12.1 Å². The van der Waals surface area contributed by atoms with E-state index in [0.29, 0.717) is 12.4 Å². The average molecular weight is 328 g/mol. The molecule has 2 N–H and O–H groups in total. The van der Waals surface area contributed by atoms with E-state index in [9.17, 15) is 8.42 Å². The van der Waals surface area contributed by atoms with Crippen LogP contribution < -0.4 is 10.3 Å². The largest absolute Gasteiger partial charge is 0.290 e. The van der Waals surface area contributed by atoms with Gasteiger partial charge in [0.1, 0.15) is 0 Å². The quantitative estimate of drug-likeness (QED) is 0.538. The third-order valence-corrected chi connectivity index (χ3v) is 4.58. The minimum Gasteiger partial charge on any atom is -0.290 e. The molecule has 2 aromatic carbocycles. The fourth-order valence-electron chi connectivity index (χ4n) is 2.26. The van der Waals surface area contributed by atoms with Crippen LogP contribution in [-0.4, -0.2) is 18.2 Å². The molecule has 7 heteroatoms. The Labute approximate surface area is 134 Å². The molecular formula is C16H16N4O2S. The molecular weight excluding hydrogens is 312 g/mol. The molecule has 3 aromatic rings. The number of rotatable bonds is 6. The maximum atomic E-state index is 12.2. The number of nitrogens with one attached hydrogen (secondary N) is 2. The minimum absolute atomic E-state index is 0.183. The van der Waals surface area contributed by atoms with Crippen molar-refractivity contribution in [3.63, 3.8) is 0 Å². The van der Waals surface area contributed by atoms with Gasteiger partial charge >= 0.3 is 0 Å². The van der Waals surface area contributed by atoms with Crippen molar-refractivity contribution >= 4 is 26.7 Å². The topological polar surface area (TPSA) is 76.0 Å². The first-order chi connectivity index (χ1) is 11.1. The molecule has 0 aliphatic heterocycles. The Kier molecular flexibility index (Phi) is 4.14. The predicted molar refractivity (Wildman–Crippen MR) is 90.3 cm³/mol. The van der Waals surface area contributed by atoms with Gasteiger partial charge in [0.2, 0.25) is 0 Å². The second-order valence-electron chi connectivity index (χ2n) is 4.88. The molecule has 0 spiro atoms. The molecule has 0 aliphatic rings. The summed E-state index contributed by atoms with van der Waals surface area (Å²) in [5.74, 6) is 0.446. The van der Waals surface area contributed by atoms with Crippen LogP contribution in [0.1, 0.15) is 0 Å². The van der Waals surface area contributed by atoms with Crippen LogP contribution in [0.25, 0.3) is 10.9 Å². The maximum absolute atomic E-state index is 12.2. The normalized spacial score (nSPS) is 11.5. The van der Waals surface area contributed by atoms with Crippen LogP contribution in [0.15, 0.2) is 72.1 Å². The van der Waals surface area contributed by atoms with Gasteiger partial charge in [-0.2, -0.15) is 5.10 Å². The molecule has 1 aromatic heterocycles. The lowest BCUT2D eigenvalue weighted by molar-refractivity contribution is 0.587. The summed E-state index contributed by atoms with van der Waals surface area (Å²) in [6, 6.07) is 15.7. The predicted octanol–water partition coefficient (Wildman–Crippen LogP) is 2.53. The molecule has 0 aliphatic carbocycles. The Bertz CT molecular complexity index is 933. The van der Waals surface area contributed by atoms with Crippen LogP contribution in [0.3, 0.4) is 0 Å². The van der Waals surface area contributed by atoms with E-state index in [-0.39, 0.29) is 4.90 Å². The molecule has 118 valence electrons. The molecule has 1 heterocycles. The van der Waals surface area contributed by atoms with E-state index in [1.54, 1.807) is 29.0 Å². The van der Waals surface area contributed by atoms with Gasteiger partial charge in [-0.05, 0) is 24.3 Å². The van der Waals surface area contributed by atoms with Crippen LogP contribution in [0, 0.1) is 0 Å². The Hall–Kier alpha value is -2.64. The summed E-state index contributed by atoms with van der Waals surface area (Å²) in [5.41, 5.74) is 3.60. The zero-order valence-electron chi connectivity index (χ0n) is 12.3. The van der Waals surface area contributed by atoms with Crippen molar-refractivity contribution < 1.29 is 8.42 Å². The molecule has 0 radical (unpaired) electrons. The molecule has 0 saturated heterocycles. The number of hydrogen-bond acceptors (Lipinski definition) is 4. The van der Waals surface area contributed by atoms with Gasteiger partial charge in [-0.1, -0.05) is 36.4 Å². The highest BCUT2D eigenvalue weighted by Gasteiger charge is 2.15. The number of anilines is 1. The van der Waals surface area contributed by atoms with Crippen LogP contribution >= 0.6 is 0 Å². The van der Waals surface area contributed by atoms with Gasteiger partial charge in [0.25, 0.3) is 10.0 Å². The Morgan fingerprint density at radius 2 is 1.78 bits per heavy atom. The molecule has 0 bridgehead atoms. The third kappa shape index (κ3) is 3.10. The average Bonchev–Trinajstić information content (AvgIpc) is 2.93. The summed E-state index contributed by atoms with van der Waals surface area (Å²) in [6.07, 6.45) is 1.73. The zero-order valence-corrected chi connectivity index (χ0v) is 13.1. The highest BCUT2D eigenvalue weighted by molar-refractivity contribution is 7.89. The van der Waals surface area contributed by atoms with Gasteiger partial charge in [0.15, 0.2) is 5.82 Å². The van der Waals surface area contributed by atoms with Crippen molar-refractivity contribution in [3.8, 4) is 0 Å². The maximum Gasteiger partial charge on any atom is 0.257 e. The van der Waals surface area contributed by atoms with Crippen molar-refractivity contribution in [2.75, 3.05) is 5.43 Å². The SMILES string of the molecule is C=CCn1nc(NNS(=O)(=O)c2ccccc2)c2ccccc21. The van der Waals surface area contributed by atoms with Crippen LogP contribution in [0.2, 0.25) is 0 Å². The van der Waals surface area contributed by atoms with Crippen molar-refractivity contribution in [2.45, 2.75) is 11.4 Å². The first-order valence-electron chi connectivity index (χ1n) is 7.01. The molecule has 3 rings (SSSR count). The molecule has 0 atom stereocenters. The lowest BCUT2D eigenvalue weighted by Crippen LogP contribution is -2.29. The van der Waals surface area contributed by atoms with Gasteiger partial charge in [-0.25, -0.2) is 8.42 Å². The summed E-state index contributed by atoms with van der Waals surface area (Å²) < 4.78 is 26.3. The minimum atomic E-state index is -3.66. The Morgan fingerprint density at radius 3 is 2.52 bits per heavy atom. The summed E-state index contributed by atoms with van der Waals surface area (Å²) >= 11 is 0. The number of benzene rings is 2. The number of hydrazine groups is 1. The van der Waals surface area contributed by atoms with Crippen molar-refractivity contribution in [2.24, 2.45) is 0 Å². The van der Waals surface area contributed by atoms with Gasteiger partial charge < -0.3 is 0 Å². The van der Waals surface area contributed by atoms with Crippen molar-refractivity contribution in [3.05, 3.63) is 67.3 Å². The summed E-state index contributed by atoms with van der Waals surface area (Å²) in [7, 11) is -3.66. The van der Waals surface area contributed by atoms with Crippen molar-refractivity contribution in [1.29, 1.82) is 0 Å². The molecule has 0 amide bonds. The molecule has 0 saturated carbocycles. The lowest BCUT2D eigenvalue weighted by Gasteiger charge is -2.07. The Morgan fingerprint density at radius 1 is 1.09 bits per heavy atom. The van der Waals surface area contributed by atoms with E-state index in [1.807, 2.05) is 24.3 Å². The number of nitrogens with zero attached hydrogens (tertiary/aromatic N) is 2. The number of aromatic nitrogens is 2. The summed E-state index contributed by atoms with van der Waals surface area (Å²) in [6.45, 7) is 4.24. The fraction of sp³-hybridized carbons (Fsp3) is 0.0625. The molecule has 23 heavy (non-hydrogen) atoms. The monoisotopic (exact) mass is 328 g/mol. The van der Waals surface area contributed by atoms with Gasteiger partial charge in [-0.15, -0.1) is 11.4 Å². The second-order valence-corrected chi connectivity index (χ2v) is 6.56. The van der Waals surface area contributed by atoms with Crippen LogP contribution in [0.4, 0.5) is 5.82 Å². The van der Waals surface area contributed by atoms with E-state index in [4.69, 9.17) is 0 Å². The highest BCUT2D eigenvalue weighted by Crippen LogP contribution is 2.22. The number of sulfonamides is 1. The molecule has 0 fully saturated rings. The van der Waals surface area contributed by atoms with Gasteiger partial charge in [0, 0.05) is 5.39 Å². The number of hydrogen-bond donors (Lipinski definition) is 2. The first-order valence-corrected chi connectivity index (χ1v) is 8.49. The summed E-state index contributed by atoms with van der Waals surface area (Å²) in [5, 5.41) is 5.21. The fourth-order valence-corrected chi connectivity index (χ4v) is 3.12. The lowest BCUT2D eigenvalue weighted by atomic mass is 10.2. The third-order valence-electron chi connectivity index (χ3n) is 3.32. The van der Waals surface area contributed by atoms with E-state index in [2.05, 4.69) is 21.9 Å².